The second-order valence-electron chi connectivity index (χ2n) is 7.14. The van der Waals surface area contributed by atoms with Crippen molar-refractivity contribution in [3.05, 3.63) is 35.4 Å². The van der Waals surface area contributed by atoms with Crippen LogP contribution < -0.4 is 18.9 Å². The lowest BCUT2D eigenvalue weighted by Gasteiger charge is -2.31. The Labute approximate surface area is 146 Å². The van der Waals surface area contributed by atoms with Gasteiger partial charge in [0.1, 0.15) is 0 Å². The number of fused-ring (bicyclic) bond motifs is 5. The van der Waals surface area contributed by atoms with Crippen molar-refractivity contribution in [2.75, 3.05) is 13.6 Å². The van der Waals surface area contributed by atoms with Crippen molar-refractivity contribution < 1.29 is 24.1 Å². The molecule has 0 amide bonds. The Hall–Kier alpha value is -2.40. The summed E-state index contributed by atoms with van der Waals surface area (Å²) in [5.74, 6) is 3.40. The fourth-order valence-electron chi connectivity index (χ4n) is 3.97. The molecule has 3 aliphatic rings. The summed E-state index contributed by atoms with van der Waals surface area (Å²) in [5.41, 5.74) is 4.12. The van der Waals surface area contributed by atoms with E-state index in [1.807, 2.05) is 18.2 Å². The lowest BCUT2D eigenvalue weighted by molar-refractivity contribution is 0.0866. The Morgan fingerprint density at radius 3 is 2.04 bits per heavy atom. The minimum absolute atomic E-state index is 0.123. The summed E-state index contributed by atoms with van der Waals surface area (Å²) in [6.45, 7) is 4.75. The van der Waals surface area contributed by atoms with Gasteiger partial charge in [0.2, 0.25) is 13.6 Å². The van der Waals surface area contributed by atoms with Crippen LogP contribution in [0.2, 0.25) is 0 Å². The molecule has 2 heterocycles. The van der Waals surface area contributed by atoms with Crippen LogP contribution in [0.25, 0.3) is 11.1 Å². The average molecular weight is 340 g/mol. The fourth-order valence-corrected chi connectivity index (χ4v) is 3.97. The van der Waals surface area contributed by atoms with Gasteiger partial charge >= 0.3 is 0 Å². The molecular weight excluding hydrogens is 320 g/mol. The Morgan fingerprint density at radius 2 is 1.36 bits per heavy atom. The molecule has 25 heavy (non-hydrogen) atoms. The van der Waals surface area contributed by atoms with Gasteiger partial charge in [0.25, 0.3) is 0 Å². The molecule has 2 aromatic carbocycles. The van der Waals surface area contributed by atoms with E-state index in [1.54, 1.807) is 0 Å². The first-order valence-electron chi connectivity index (χ1n) is 8.66. The van der Waals surface area contributed by atoms with Crippen LogP contribution in [0.3, 0.4) is 0 Å². The molecule has 0 radical (unpaired) electrons. The van der Waals surface area contributed by atoms with Gasteiger partial charge < -0.3 is 24.1 Å². The number of hydrogen-bond donors (Lipinski definition) is 1. The van der Waals surface area contributed by atoms with Crippen molar-refractivity contribution in [3.63, 3.8) is 0 Å². The van der Waals surface area contributed by atoms with Gasteiger partial charge in [0.05, 0.1) is 6.10 Å². The predicted octanol–water partition coefficient (Wildman–Crippen LogP) is 3.67. The Bertz CT molecular complexity index is 860. The maximum atomic E-state index is 11.0. The van der Waals surface area contributed by atoms with E-state index >= 15 is 0 Å². The number of rotatable bonds is 0. The summed E-state index contributed by atoms with van der Waals surface area (Å²) in [5, 5.41) is 11.0. The monoisotopic (exact) mass is 340 g/mol. The lowest BCUT2D eigenvalue weighted by atomic mass is 9.76. The minimum Gasteiger partial charge on any atom is -0.454 e. The van der Waals surface area contributed by atoms with Gasteiger partial charge in [-0.25, -0.2) is 0 Å². The summed E-state index contributed by atoms with van der Waals surface area (Å²) in [7, 11) is 0. The van der Waals surface area contributed by atoms with Crippen LogP contribution in [0.5, 0.6) is 23.0 Å². The zero-order chi connectivity index (χ0) is 17.1. The zero-order valence-corrected chi connectivity index (χ0v) is 14.2. The largest absolute Gasteiger partial charge is 0.454 e. The summed E-state index contributed by atoms with van der Waals surface area (Å²) in [4.78, 5) is 0. The first-order valence-corrected chi connectivity index (χ1v) is 8.66. The third-order valence-corrected chi connectivity index (χ3v) is 5.69. The van der Waals surface area contributed by atoms with Crippen LogP contribution in [0.4, 0.5) is 0 Å². The quantitative estimate of drug-likeness (QED) is 0.793. The van der Waals surface area contributed by atoms with Gasteiger partial charge in [-0.15, -0.1) is 0 Å². The molecule has 130 valence electrons. The Kier molecular flexibility index (Phi) is 3.16. The van der Waals surface area contributed by atoms with Crippen molar-refractivity contribution in [1.29, 1.82) is 0 Å². The average Bonchev–Trinajstić information content (AvgIpc) is 3.25. The van der Waals surface area contributed by atoms with E-state index in [0.29, 0.717) is 11.7 Å². The van der Waals surface area contributed by atoms with Crippen molar-refractivity contribution in [1.82, 2.24) is 0 Å². The van der Waals surface area contributed by atoms with Crippen LogP contribution in [0, 0.1) is 11.8 Å². The summed E-state index contributed by atoms with van der Waals surface area (Å²) >= 11 is 0. The van der Waals surface area contributed by atoms with Crippen molar-refractivity contribution in [2.45, 2.75) is 26.4 Å². The predicted molar refractivity (Wildman–Crippen MR) is 91.1 cm³/mol. The van der Waals surface area contributed by atoms with Gasteiger partial charge in [-0.05, 0) is 64.8 Å². The normalized spacial score (nSPS) is 25.8. The molecule has 2 aromatic rings. The van der Waals surface area contributed by atoms with Gasteiger partial charge in [-0.2, -0.15) is 0 Å². The highest BCUT2D eigenvalue weighted by Gasteiger charge is 2.32. The zero-order valence-electron chi connectivity index (χ0n) is 14.2. The molecule has 2 aliphatic heterocycles. The summed E-state index contributed by atoms with van der Waals surface area (Å²) < 4.78 is 22.2. The van der Waals surface area contributed by atoms with Crippen molar-refractivity contribution >= 4 is 0 Å². The first kappa shape index (κ1) is 14.9. The molecule has 0 unspecified atom stereocenters. The molecule has 0 saturated heterocycles. The van der Waals surface area contributed by atoms with E-state index in [-0.39, 0.29) is 19.5 Å². The molecular formula is C20H20O5. The fraction of sp³-hybridized carbons (Fsp3) is 0.400. The summed E-state index contributed by atoms with van der Waals surface area (Å²) in [6, 6.07) is 8.00. The van der Waals surface area contributed by atoms with Gasteiger partial charge in [0.15, 0.2) is 23.0 Å². The van der Waals surface area contributed by atoms with Crippen molar-refractivity contribution in [2.24, 2.45) is 11.8 Å². The molecule has 0 fully saturated rings. The van der Waals surface area contributed by atoms with E-state index in [2.05, 4.69) is 19.9 Å². The molecule has 5 rings (SSSR count). The first-order chi connectivity index (χ1) is 12.1. The lowest BCUT2D eigenvalue weighted by Crippen LogP contribution is -2.22. The van der Waals surface area contributed by atoms with E-state index in [9.17, 15) is 5.11 Å². The van der Waals surface area contributed by atoms with E-state index < -0.39 is 6.10 Å². The number of ether oxygens (including phenoxy) is 4. The van der Waals surface area contributed by atoms with E-state index in [1.165, 1.54) is 5.56 Å². The molecule has 0 saturated carbocycles. The SMILES string of the molecule is C[C@H]1[C@@H](C)Cc2cc3c(cc2-c2cc4c(cc2[C@@H]1O)OCO4)OCO3. The molecule has 0 spiro atoms. The molecule has 0 bridgehead atoms. The van der Waals surface area contributed by atoms with Gasteiger partial charge in [0, 0.05) is 0 Å². The topological polar surface area (TPSA) is 57.2 Å². The highest BCUT2D eigenvalue weighted by molar-refractivity contribution is 5.77. The third kappa shape index (κ3) is 2.19. The van der Waals surface area contributed by atoms with Gasteiger partial charge in [-0.1, -0.05) is 13.8 Å². The smallest absolute Gasteiger partial charge is 0.231 e. The highest BCUT2D eigenvalue weighted by Crippen LogP contribution is 2.49. The molecule has 3 atom stereocenters. The maximum Gasteiger partial charge on any atom is 0.231 e. The molecule has 1 aliphatic carbocycles. The Balaban J connectivity index is 1.78. The van der Waals surface area contributed by atoms with Crippen LogP contribution in [-0.4, -0.2) is 18.7 Å². The number of aliphatic hydroxyl groups excluding tert-OH is 1. The molecule has 5 nitrogen and oxygen atoms in total. The van der Waals surface area contributed by atoms with E-state index in [0.717, 1.165) is 40.4 Å². The second kappa shape index (κ2) is 5.30. The van der Waals surface area contributed by atoms with Crippen LogP contribution >= 0.6 is 0 Å². The number of aliphatic hydroxyl groups is 1. The minimum atomic E-state index is -0.557. The molecule has 1 N–H and O–H groups in total. The second-order valence-corrected chi connectivity index (χ2v) is 7.14. The molecule has 0 aromatic heterocycles. The van der Waals surface area contributed by atoms with Gasteiger partial charge in [-0.3, -0.25) is 0 Å². The van der Waals surface area contributed by atoms with E-state index in [4.69, 9.17) is 18.9 Å². The van der Waals surface area contributed by atoms with Crippen LogP contribution in [-0.2, 0) is 6.42 Å². The molecule has 5 heteroatoms. The Morgan fingerprint density at radius 1 is 0.800 bits per heavy atom. The van der Waals surface area contributed by atoms with Crippen LogP contribution in [0.1, 0.15) is 31.1 Å². The standard InChI is InChI=1S/C20H20O5/c1-10-3-12-4-16-17(23-8-22-16)5-13(12)14-6-18-19(25-9-24-18)7-15(14)20(21)11(10)2/h4-7,10-11,20-21H,3,8-9H2,1-2H3/t10-,11-,20+/m0/s1. The summed E-state index contributed by atoms with van der Waals surface area (Å²) in [6.07, 6.45) is 0.316. The number of hydrogen-bond acceptors (Lipinski definition) is 5. The maximum absolute atomic E-state index is 11.0. The van der Waals surface area contributed by atoms with Crippen LogP contribution in [0.15, 0.2) is 24.3 Å². The number of benzene rings is 2. The highest BCUT2D eigenvalue weighted by atomic mass is 16.7. The third-order valence-electron chi connectivity index (χ3n) is 5.69. The van der Waals surface area contributed by atoms with Crippen molar-refractivity contribution in [3.8, 4) is 34.1 Å².